The number of aryl methyl sites for hydroxylation is 1. The molecule has 0 atom stereocenters. The average molecular weight is 437 g/mol. The second kappa shape index (κ2) is 8.29. The van der Waals surface area contributed by atoms with Crippen LogP contribution in [0.3, 0.4) is 0 Å². The Kier molecular flexibility index (Phi) is 5.32. The lowest BCUT2D eigenvalue weighted by Crippen LogP contribution is -2.48. The highest BCUT2D eigenvalue weighted by molar-refractivity contribution is 5.96. The fourth-order valence-electron chi connectivity index (χ4n) is 4.87. The SMILES string of the molecule is COc1nn(C)cc1C(=O)N1CCN(c2ccc3c(=O)n(C4CCCC4)cnc3c2)CC1. The van der Waals surface area contributed by atoms with Crippen LogP contribution in [-0.2, 0) is 7.05 Å². The Labute approximate surface area is 186 Å². The third kappa shape index (κ3) is 3.61. The predicted octanol–water partition coefficient (Wildman–Crippen LogP) is 2.22. The van der Waals surface area contributed by atoms with Gasteiger partial charge in [-0.2, -0.15) is 0 Å². The lowest BCUT2D eigenvalue weighted by atomic mass is 10.1. The van der Waals surface area contributed by atoms with Gasteiger partial charge in [0.1, 0.15) is 5.56 Å². The molecule has 0 N–H and O–H groups in total. The zero-order chi connectivity index (χ0) is 22.2. The summed E-state index contributed by atoms with van der Waals surface area (Å²) in [5, 5.41) is 4.84. The number of aromatic nitrogens is 4. The number of hydrogen-bond donors (Lipinski definition) is 0. The molecule has 1 aliphatic carbocycles. The van der Waals surface area contributed by atoms with Gasteiger partial charge in [0.25, 0.3) is 11.5 Å². The van der Waals surface area contributed by atoms with Gasteiger partial charge in [0.05, 0.1) is 24.3 Å². The van der Waals surface area contributed by atoms with Gasteiger partial charge >= 0.3 is 0 Å². The molecule has 2 aliphatic rings. The molecule has 1 aromatic carbocycles. The Bertz CT molecular complexity index is 1200. The molecule has 0 unspecified atom stereocenters. The van der Waals surface area contributed by atoms with E-state index in [1.54, 1.807) is 24.3 Å². The van der Waals surface area contributed by atoms with E-state index in [0.29, 0.717) is 43.0 Å². The number of anilines is 1. The normalized spacial score (nSPS) is 17.3. The van der Waals surface area contributed by atoms with Crippen LogP contribution in [0.1, 0.15) is 42.1 Å². The Morgan fingerprint density at radius 2 is 1.88 bits per heavy atom. The van der Waals surface area contributed by atoms with Crippen molar-refractivity contribution in [2.75, 3.05) is 38.2 Å². The maximum Gasteiger partial charge on any atom is 0.261 e. The van der Waals surface area contributed by atoms with E-state index >= 15 is 0 Å². The van der Waals surface area contributed by atoms with Crippen molar-refractivity contribution in [1.82, 2.24) is 24.2 Å². The molecule has 1 saturated carbocycles. The molecule has 3 heterocycles. The minimum absolute atomic E-state index is 0.0503. The number of fused-ring (bicyclic) bond motifs is 1. The minimum Gasteiger partial charge on any atom is -0.479 e. The molecule has 5 rings (SSSR count). The van der Waals surface area contributed by atoms with E-state index in [0.717, 1.165) is 24.0 Å². The number of methoxy groups -OCH3 is 1. The standard InChI is InChI=1S/C23H28N6O3/c1-26-14-19(21(25-26)32-2)22(30)28-11-9-27(10-12-28)17-7-8-18-20(13-17)24-15-29(23(18)31)16-5-3-4-6-16/h7-8,13-16H,3-6,9-12H2,1-2H3. The number of rotatable bonds is 4. The van der Waals surface area contributed by atoms with Crippen LogP contribution in [0.2, 0.25) is 0 Å². The Balaban J connectivity index is 1.31. The second-order valence-electron chi connectivity index (χ2n) is 8.60. The van der Waals surface area contributed by atoms with Crippen molar-refractivity contribution in [3.63, 3.8) is 0 Å². The van der Waals surface area contributed by atoms with Crippen LogP contribution in [0.15, 0.2) is 35.5 Å². The van der Waals surface area contributed by atoms with Gasteiger partial charge in [0.15, 0.2) is 0 Å². The van der Waals surface area contributed by atoms with Crippen molar-refractivity contribution in [3.8, 4) is 5.88 Å². The number of piperazine rings is 1. The minimum atomic E-state index is -0.0674. The summed E-state index contributed by atoms with van der Waals surface area (Å²) in [7, 11) is 3.29. The monoisotopic (exact) mass is 436 g/mol. The molecule has 9 nitrogen and oxygen atoms in total. The van der Waals surface area contributed by atoms with Crippen LogP contribution >= 0.6 is 0 Å². The number of benzene rings is 1. The first-order chi connectivity index (χ1) is 15.5. The molecule has 0 spiro atoms. The highest BCUT2D eigenvalue weighted by Gasteiger charge is 2.26. The summed E-state index contributed by atoms with van der Waals surface area (Å²) < 4.78 is 8.64. The van der Waals surface area contributed by atoms with Crippen molar-refractivity contribution in [2.45, 2.75) is 31.7 Å². The number of nitrogens with zero attached hydrogens (tertiary/aromatic N) is 6. The van der Waals surface area contributed by atoms with Crippen LogP contribution in [0.4, 0.5) is 5.69 Å². The molecule has 2 aromatic heterocycles. The van der Waals surface area contributed by atoms with Crippen LogP contribution in [0.5, 0.6) is 5.88 Å². The van der Waals surface area contributed by atoms with Crippen molar-refractivity contribution < 1.29 is 9.53 Å². The Morgan fingerprint density at radius 3 is 2.59 bits per heavy atom. The van der Waals surface area contributed by atoms with Gasteiger partial charge in [-0.05, 0) is 31.0 Å². The van der Waals surface area contributed by atoms with Gasteiger partial charge in [0.2, 0.25) is 5.88 Å². The smallest absolute Gasteiger partial charge is 0.261 e. The van der Waals surface area contributed by atoms with E-state index in [2.05, 4.69) is 15.0 Å². The lowest BCUT2D eigenvalue weighted by Gasteiger charge is -2.36. The summed E-state index contributed by atoms with van der Waals surface area (Å²) in [4.78, 5) is 34.5. The first-order valence-corrected chi connectivity index (χ1v) is 11.2. The molecule has 3 aromatic rings. The Morgan fingerprint density at radius 1 is 1.12 bits per heavy atom. The second-order valence-corrected chi connectivity index (χ2v) is 8.60. The van der Waals surface area contributed by atoms with Crippen LogP contribution < -0.4 is 15.2 Å². The number of carbonyl (C=O) groups excluding carboxylic acids is 1. The van der Waals surface area contributed by atoms with Gasteiger partial charge in [-0.25, -0.2) is 4.98 Å². The van der Waals surface area contributed by atoms with Gasteiger partial charge in [-0.3, -0.25) is 18.8 Å². The zero-order valence-electron chi connectivity index (χ0n) is 18.5. The van der Waals surface area contributed by atoms with Crippen molar-refractivity contribution >= 4 is 22.5 Å². The first kappa shape index (κ1) is 20.5. The topological polar surface area (TPSA) is 85.5 Å². The van der Waals surface area contributed by atoms with Crippen LogP contribution in [0.25, 0.3) is 10.9 Å². The molecular formula is C23H28N6O3. The molecule has 9 heteroatoms. The molecular weight excluding hydrogens is 408 g/mol. The molecule has 1 aliphatic heterocycles. The summed E-state index contributed by atoms with van der Waals surface area (Å²) in [6, 6.07) is 6.15. The van der Waals surface area contributed by atoms with Gasteiger partial charge in [-0.1, -0.05) is 12.8 Å². The number of amides is 1. The van der Waals surface area contributed by atoms with Gasteiger partial charge < -0.3 is 14.5 Å². The summed E-state index contributed by atoms with van der Waals surface area (Å²) in [5.41, 5.74) is 2.28. The van der Waals surface area contributed by atoms with E-state index in [1.807, 2.05) is 27.7 Å². The summed E-state index contributed by atoms with van der Waals surface area (Å²) in [5.74, 6) is 0.283. The van der Waals surface area contributed by atoms with Crippen molar-refractivity contribution in [2.24, 2.45) is 7.05 Å². The molecule has 1 saturated heterocycles. The zero-order valence-corrected chi connectivity index (χ0v) is 18.5. The average Bonchev–Trinajstić information content (AvgIpc) is 3.48. The molecule has 168 valence electrons. The van der Waals surface area contributed by atoms with E-state index < -0.39 is 0 Å². The third-order valence-electron chi connectivity index (χ3n) is 6.64. The van der Waals surface area contributed by atoms with E-state index in [4.69, 9.17) is 4.74 Å². The number of hydrogen-bond acceptors (Lipinski definition) is 6. The summed E-state index contributed by atoms with van der Waals surface area (Å²) in [6.45, 7) is 2.62. The Hall–Kier alpha value is -3.36. The van der Waals surface area contributed by atoms with Gasteiger partial charge in [0, 0.05) is 51.2 Å². The highest BCUT2D eigenvalue weighted by Crippen LogP contribution is 2.29. The summed E-state index contributed by atoms with van der Waals surface area (Å²) >= 11 is 0. The van der Waals surface area contributed by atoms with Crippen LogP contribution in [0, 0.1) is 0 Å². The fraction of sp³-hybridized carbons (Fsp3) is 0.478. The number of ether oxygens (including phenoxy) is 1. The first-order valence-electron chi connectivity index (χ1n) is 11.2. The quantitative estimate of drug-likeness (QED) is 0.624. The molecule has 0 bridgehead atoms. The maximum atomic E-state index is 13.0. The van der Waals surface area contributed by atoms with E-state index in [1.165, 1.54) is 20.0 Å². The molecule has 32 heavy (non-hydrogen) atoms. The van der Waals surface area contributed by atoms with E-state index in [-0.39, 0.29) is 17.5 Å². The molecule has 1 amide bonds. The molecule has 2 fully saturated rings. The van der Waals surface area contributed by atoms with E-state index in [9.17, 15) is 9.59 Å². The lowest BCUT2D eigenvalue weighted by molar-refractivity contribution is 0.0743. The van der Waals surface area contributed by atoms with Crippen molar-refractivity contribution in [1.29, 1.82) is 0 Å². The largest absolute Gasteiger partial charge is 0.479 e. The number of carbonyl (C=O) groups is 1. The predicted molar refractivity (Wildman–Crippen MR) is 121 cm³/mol. The maximum absolute atomic E-state index is 13.0. The van der Waals surface area contributed by atoms with Gasteiger partial charge in [-0.15, -0.1) is 5.10 Å². The molecule has 0 radical (unpaired) electrons. The van der Waals surface area contributed by atoms with Crippen LogP contribution in [-0.4, -0.2) is 63.4 Å². The third-order valence-corrected chi connectivity index (χ3v) is 6.64. The summed E-state index contributed by atoms with van der Waals surface area (Å²) in [6.07, 6.45) is 7.87. The van der Waals surface area contributed by atoms with Crippen molar-refractivity contribution in [3.05, 3.63) is 46.6 Å². The fourth-order valence-corrected chi connectivity index (χ4v) is 4.87. The highest BCUT2D eigenvalue weighted by atomic mass is 16.5.